The molecule has 5 heteroatoms. The van der Waals surface area contributed by atoms with E-state index in [1.54, 1.807) is 12.1 Å². The second-order valence-corrected chi connectivity index (χ2v) is 7.43. The Morgan fingerprint density at radius 1 is 1.18 bits per heavy atom. The quantitative estimate of drug-likeness (QED) is 0.649. The van der Waals surface area contributed by atoms with E-state index in [4.69, 9.17) is 9.84 Å². The summed E-state index contributed by atoms with van der Waals surface area (Å²) in [5.74, 6) is -0.244. The highest BCUT2D eigenvalue weighted by Gasteiger charge is 2.22. The summed E-state index contributed by atoms with van der Waals surface area (Å²) >= 11 is 0. The van der Waals surface area contributed by atoms with E-state index in [-0.39, 0.29) is 11.9 Å². The van der Waals surface area contributed by atoms with Crippen LogP contribution in [0.2, 0.25) is 0 Å². The third-order valence-electron chi connectivity index (χ3n) is 5.23. The van der Waals surface area contributed by atoms with Gasteiger partial charge in [0.2, 0.25) is 0 Å². The van der Waals surface area contributed by atoms with E-state index in [0.29, 0.717) is 0 Å². The Balaban J connectivity index is 1.70. The van der Waals surface area contributed by atoms with E-state index in [1.807, 2.05) is 22.9 Å². The SMILES string of the molecule is CC[C@@H]1CN(Cc2cn(-c3cccc(C)c3)nc2-c2cccc(F)c2)CCO1. The number of ether oxygens (including phenoxy) is 1. The van der Waals surface area contributed by atoms with Crippen molar-refractivity contribution in [3.8, 4) is 16.9 Å². The van der Waals surface area contributed by atoms with Crippen LogP contribution in [0, 0.1) is 12.7 Å². The van der Waals surface area contributed by atoms with Crippen molar-refractivity contribution in [2.24, 2.45) is 0 Å². The zero-order valence-electron chi connectivity index (χ0n) is 16.4. The maximum absolute atomic E-state index is 13.9. The number of hydrogen-bond donors (Lipinski definition) is 0. The van der Waals surface area contributed by atoms with Crippen molar-refractivity contribution in [1.29, 1.82) is 0 Å². The molecular weight excluding hydrogens is 353 g/mol. The first-order valence-electron chi connectivity index (χ1n) is 9.88. The zero-order chi connectivity index (χ0) is 19.5. The molecule has 146 valence electrons. The molecule has 3 aromatic rings. The van der Waals surface area contributed by atoms with E-state index in [9.17, 15) is 4.39 Å². The van der Waals surface area contributed by atoms with E-state index in [1.165, 1.54) is 11.6 Å². The van der Waals surface area contributed by atoms with Crippen LogP contribution < -0.4 is 0 Å². The topological polar surface area (TPSA) is 30.3 Å². The second kappa shape index (κ2) is 8.25. The predicted molar refractivity (Wildman–Crippen MR) is 109 cm³/mol. The fraction of sp³-hybridized carbons (Fsp3) is 0.348. The van der Waals surface area contributed by atoms with E-state index in [0.717, 1.165) is 55.2 Å². The van der Waals surface area contributed by atoms with Crippen LogP contribution in [0.25, 0.3) is 16.9 Å². The van der Waals surface area contributed by atoms with Gasteiger partial charge in [-0.25, -0.2) is 9.07 Å². The maximum atomic E-state index is 13.9. The lowest BCUT2D eigenvalue weighted by atomic mass is 10.1. The number of benzene rings is 2. The van der Waals surface area contributed by atoms with Gasteiger partial charge in [0.25, 0.3) is 0 Å². The van der Waals surface area contributed by atoms with Crippen molar-refractivity contribution < 1.29 is 9.13 Å². The Morgan fingerprint density at radius 2 is 2.04 bits per heavy atom. The number of halogens is 1. The van der Waals surface area contributed by atoms with Gasteiger partial charge >= 0.3 is 0 Å². The molecular formula is C23H26FN3O. The van der Waals surface area contributed by atoms with Crippen LogP contribution in [0.3, 0.4) is 0 Å². The second-order valence-electron chi connectivity index (χ2n) is 7.43. The van der Waals surface area contributed by atoms with Gasteiger partial charge in [0.15, 0.2) is 0 Å². The molecule has 0 aliphatic carbocycles. The standard InChI is InChI=1S/C23H26FN3O/c1-3-22-16-26(10-11-28-22)14-19-15-27(21-9-4-6-17(2)12-21)25-23(19)18-7-5-8-20(24)13-18/h4-9,12-13,15,22H,3,10-11,14,16H2,1-2H3/t22-/m1/s1. The van der Waals surface area contributed by atoms with Crippen molar-refractivity contribution >= 4 is 0 Å². The lowest BCUT2D eigenvalue weighted by Gasteiger charge is -2.32. The summed E-state index contributed by atoms with van der Waals surface area (Å²) in [6.45, 7) is 7.56. The highest BCUT2D eigenvalue weighted by atomic mass is 19.1. The highest BCUT2D eigenvalue weighted by Crippen LogP contribution is 2.26. The zero-order valence-corrected chi connectivity index (χ0v) is 16.4. The molecule has 1 aliphatic heterocycles. The van der Waals surface area contributed by atoms with Gasteiger partial charge in [-0.15, -0.1) is 0 Å². The number of morpholine rings is 1. The molecule has 28 heavy (non-hydrogen) atoms. The van der Waals surface area contributed by atoms with Crippen LogP contribution >= 0.6 is 0 Å². The predicted octanol–water partition coefficient (Wildman–Crippen LogP) is 4.60. The van der Waals surface area contributed by atoms with Crippen LogP contribution in [-0.2, 0) is 11.3 Å². The van der Waals surface area contributed by atoms with Gasteiger partial charge in [-0.2, -0.15) is 5.10 Å². The summed E-state index contributed by atoms with van der Waals surface area (Å²) in [5, 5.41) is 4.83. The molecule has 1 aromatic heterocycles. The Bertz CT molecular complexity index is 953. The fourth-order valence-electron chi connectivity index (χ4n) is 3.72. The minimum atomic E-state index is -0.244. The minimum Gasteiger partial charge on any atom is -0.376 e. The van der Waals surface area contributed by atoms with E-state index in [2.05, 4.69) is 37.1 Å². The molecule has 0 spiro atoms. The summed E-state index contributed by atoms with van der Waals surface area (Å²) in [5.41, 5.74) is 4.93. The van der Waals surface area contributed by atoms with Crippen molar-refractivity contribution in [2.75, 3.05) is 19.7 Å². The molecule has 1 fully saturated rings. The fourth-order valence-corrected chi connectivity index (χ4v) is 3.72. The van der Waals surface area contributed by atoms with Gasteiger partial charge in [0.1, 0.15) is 5.82 Å². The van der Waals surface area contributed by atoms with Crippen LogP contribution in [0.15, 0.2) is 54.7 Å². The third-order valence-corrected chi connectivity index (χ3v) is 5.23. The van der Waals surface area contributed by atoms with Gasteiger partial charge in [0.05, 0.1) is 24.1 Å². The van der Waals surface area contributed by atoms with Crippen LogP contribution in [0.1, 0.15) is 24.5 Å². The van der Waals surface area contributed by atoms with Crippen molar-refractivity contribution in [1.82, 2.24) is 14.7 Å². The van der Waals surface area contributed by atoms with Gasteiger partial charge < -0.3 is 4.74 Å². The third kappa shape index (κ3) is 4.16. The first-order chi connectivity index (χ1) is 13.6. The Morgan fingerprint density at radius 3 is 2.82 bits per heavy atom. The lowest BCUT2D eigenvalue weighted by molar-refractivity contribution is -0.0324. The van der Waals surface area contributed by atoms with Crippen molar-refractivity contribution in [3.63, 3.8) is 0 Å². The van der Waals surface area contributed by atoms with E-state index >= 15 is 0 Å². The van der Waals surface area contributed by atoms with Crippen LogP contribution in [0.4, 0.5) is 4.39 Å². The van der Waals surface area contributed by atoms with Gasteiger partial charge in [-0.3, -0.25) is 4.90 Å². The van der Waals surface area contributed by atoms with Crippen molar-refractivity contribution in [2.45, 2.75) is 32.9 Å². The Hall–Kier alpha value is -2.50. The molecule has 0 radical (unpaired) electrons. The smallest absolute Gasteiger partial charge is 0.123 e. The van der Waals surface area contributed by atoms with Crippen molar-refractivity contribution in [3.05, 3.63) is 71.7 Å². The molecule has 0 saturated carbocycles. The first kappa shape index (κ1) is 18.8. The molecule has 4 rings (SSSR count). The molecule has 0 amide bonds. The maximum Gasteiger partial charge on any atom is 0.123 e. The average Bonchev–Trinajstić information content (AvgIpc) is 3.12. The number of rotatable bonds is 5. The number of aromatic nitrogens is 2. The van der Waals surface area contributed by atoms with Gasteiger partial charge in [-0.1, -0.05) is 31.2 Å². The summed E-state index contributed by atoms with van der Waals surface area (Å²) < 4.78 is 21.6. The Kier molecular flexibility index (Phi) is 5.55. The summed E-state index contributed by atoms with van der Waals surface area (Å²) in [4.78, 5) is 2.40. The van der Waals surface area contributed by atoms with Crippen LogP contribution in [0.5, 0.6) is 0 Å². The lowest BCUT2D eigenvalue weighted by Crippen LogP contribution is -2.41. The summed E-state index contributed by atoms with van der Waals surface area (Å²) in [6.07, 6.45) is 3.36. The number of aryl methyl sites for hydroxylation is 1. The molecule has 0 N–H and O–H groups in total. The highest BCUT2D eigenvalue weighted by molar-refractivity contribution is 5.63. The summed E-state index contributed by atoms with van der Waals surface area (Å²) in [7, 11) is 0. The summed E-state index contributed by atoms with van der Waals surface area (Å²) in [6, 6.07) is 14.9. The normalized spacial score (nSPS) is 17.8. The first-order valence-corrected chi connectivity index (χ1v) is 9.88. The van der Waals surface area contributed by atoms with Gasteiger partial charge in [0, 0.05) is 37.0 Å². The van der Waals surface area contributed by atoms with Crippen LogP contribution in [-0.4, -0.2) is 40.5 Å². The molecule has 2 aromatic carbocycles. The number of hydrogen-bond acceptors (Lipinski definition) is 3. The molecule has 1 saturated heterocycles. The molecule has 0 unspecified atom stereocenters. The molecule has 2 heterocycles. The molecule has 1 atom stereocenters. The average molecular weight is 379 g/mol. The monoisotopic (exact) mass is 379 g/mol. The van der Waals surface area contributed by atoms with Gasteiger partial charge in [-0.05, 0) is 43.2 Å². The number of nitrogens with zero attached hydrogens (tertiary/aromatic N) is 3. The molecule has 0 bridgehead atoms. The molecule has 1 aliphatic rings. The minimum absolute atomic E-state index is 0.244. The molecule has 4 nitrogen and oxygen atoms in total. The van der Waals surface area contributed by atoms with E-state index < -0.39 is 0 Å². The Labute approximate surface area is 165 Å². The largest absolute Gasteiger partial charge is 0.376 e.